The van der Waals surface area contributed by atoms with Crippen LogP contribution in [0, 0.1) is 13.8 Å². The highest BCUT2D eigenvalue weighted by Crippen LogP contribution is 2.36. The molecule has 0 heterocycles. The summed E-state index contributed by atoms with van der Waals surface area (Å²) < 4.78 is 5.31. The number of aliphatic hydroxyl groups excluding tert-OH is 1. The molecular weight excluding hydrogens is 470 g/mol. The van der Waals surface area contributed by atoms with Crippen molar-refractivity contribution < 1.29 is 24.2 Å². The molecule has 2 atom stereocenters. The van der Waals surface area contributed by atoms with Crippen molar-refractivity contribution in [3.63, 3.8) is 0 Å². The first kappa shape index (κ1) is 28.2. The van der Waals surface area contributed by atoms with E-state index >= 15 is 0 Å². The number of hydrogen-bond acceptors (Lipinski definition) is 5. The largest absolute Gasteiger partial charge is 0.444 e. The van der Waals surface area contributed by atoms with Crippen LogP contribution in [0.5, 0.6) is 0 Å². The summed E-state index contributed by atoms with van der Waals surface area (Å²) in [4.78, 5) is 41.8. The van der Waals surface area contributed by atoms with Gasteiger partial charge in [0, 0.05) is 12.6 Å². The highest BCUT2D eigenvalue weighted by molar-refractivity contribution is 5.93. The molecule has 3 amide bonds. The Morgan fingerprint density at radius 3 is 2.16 bits per heavy atom. The Hall–Kier alpha value is -3.39. The van der Waals surface area contributed by atoms with Crippen LogP contribution in [-0.4, -0.2) is 52.2 Å². The van der Waals surface area contributed by atoms with Gasteiger partial charge in [0.1, 0.15) is 17.7 Å². The number of carbonyl (C=O) groups is 3. The number of rotatable bonds is 9. The average Bonchev–Trinajstić information content (AvgIpc) is 2.80. The van der Waals surface area contributed by atoms with Gasteiger partial charge in [0.2, 0.25) is 11.8 Å². The summed E-state index contributed by atoms with van der Waals surface area (Å²) in [6, 6.07) is 13.0. The summed E-state index contributed by atoms with van der Waals surface area (Å²) in [6.45, 7) is 8.70. The molecule has 200 valence electrons. The Labute approximate surface area is 219 Å². The molecule has 0 saturated heterocycles. The van der Waals surface area contributed by atoms with Gasteiger partial charge in [-0.25, -0.2) is 4.79 Å². The Morgan fingerprint density at radius 1 is 1.03 bits per heavy atom. The number of amides is 3. The van der Waals surface area contributed by atoms with Crippen LogP contribution in [0.15, 0.2) is 48.5 Å². The number of aryl methyl sites for hydroxylation is 2. The zero-order valence-corrected chi connectivity index (χ0v) is 22.4. The summed E-state index contributed by atoms with van der Waals surface area (Å²) in [5, 5.41) is 15.6. The molecular formula is C29H39N3O5. The van der Waals surface area contributed by atoms with E-state index in [9.17, 15) is 19.5 Å². The van der Waals surface area contributed by atoms with Gasteiger partial charge in [-0.3, -0.25) is 9.59 Å². The van der Waals surface area contributed by atoms with E-state index in [0.29, 0.717) is 6.54 Å². The number of alkyl carbamates (subject to hydrolysis) is 1. The third kappa shape index (κ3) is 7.32. The lowest BCUT2D eigenvalue weighted by Gasteiger charge is -2.44. The number of nitrogens with one attached hydrogen (secondary N) is 2. The molecule has 1 saturated carbocycles. The van der Waals surface area contributed by atoms with Crippen LogP contribution in [0.2, 0.25) is 0 Å². The maximum atomic E-state index is 13.9. The van der Waals surface area contributed by atoms with Crippen LogP contribution >= 0.6 is 0 Å². The molecule has 8 nitrogen and oxygen atoms in total. The van der Waals surface area contributed by atoms with E-state index in [1.807, 2.05) is 62.4 Å². The predicted octanol–water partition coefficient (Wildman–Crippen LogP) is 3.93. The van der Waals surface area contributed by atoms with Gasteiger partial charge >= 0.3 is 6.09 Å². The summed E-state index contributed by atoms with van der Waals surface area (Å²) in [5.74, 6) is -0.823. The third-order valence-electron chi connectivity index (χ3n) is 6.55. The zero-order valence-electron chi connectivity index (χ0n) is 22.4. The molecule has 0 bridgehead atoms. The average molecular weight is 510 g/mol. The molecule has 2 aromatic carbocycles. The molecule has 0 aromatic heterocycles. The van der Waals surface area contributed by atoms with Gasteiger partial charge in [-0.15, -0.1) is 0 Å². The number of nitrogens with zero attached hydrogens (tertiary/aromatic N) is 1. The monoisotopic (exact) mass is 509 g/mol. The SMILES string of the molecule is Cc1cccc(C)c1C(C(=O)NCc1ccccc1)N(C(=O)C(CO)NC(=O)OC(C)(C)C)C1CCC1. The highest BCUT2D eigenvalue weighted by Gasteiger charge is 2.42. The Morgan fingerprint density at radius 2 is 1.65 bits per heavy atom. The Kier molecular flexibility index (Phi) is 9.32. The minimum absolute atomic E-state index is 0.187. The summed E-state index contributed by atoms with van der Waals surface area (Å²) >= 11 is 0. The molecule has 0 spiro atoms. The van der Waals surface area contributed by atoms with E-state index in [1.165, 1.54) is 0 Å². The molecule has 1 fully saturated rings. The van der Waals surface area contributed by atoms with Crippen LogP contribution in [0.3, 0.4) is 0 Å². The maximum Gasteiger partial charge on any atom is 0.408 e. The van der Waals surface area contributed by atoms with Gasteiger partial charge in [-0.1, -0.05) is 48.5 Å². The van der Waals surface area contributed by atoms with Crippen LogP contribution in [0.4, 0.5) is 4.79 Å². The first-order valence-corrected chi connectivity index (χ1v) is 12.8. The van der Waals surface area contributed by atoms with Crippen molar-refractivity contribution in [2.45, 2.75) is 84.2 Å². The van der Waals surface area contributed by atoms with E-state index in [4.69, 9.17) is 4.74 Å². The van der Waals surface area contributed by atoms with Gasteiger partial charge in [0.25, 0.3) is 0 Å². The first-order valence-electron chi connectivity index (χ1n) is 12.8. The molecule has 1 aliphatic carbocycles. The highest BCUT2D eigenvalue weighted by atomic mass is 16.6. The van der Waals surface area contributed by atoms with Crippen molar-refractivity contribution in [1.82, 2.24) is 15.5 Å². The summed E-state index contributed by atoms with van der Waals surface area (Å²) in [5.41, 5.74) is 2.70. The van der Waals surface area contributed by atoms with E-state index in [1.54, 1.807) is 25.7 Å². The lowest BCUT2D eigenvalue weighted by Crippen LogP contribution is -2.58. The van der Waals surface area contributed by atoms with Crippen molar-refractivity contribution in [2.24, 2.45) is 0 Å². The number of benzene rings is 2. The second-order valence-corrected chi connectivity index (χ2v) is 10.6. The van der Waals surface area contributed by atoms with E-state index in [0.717, 1.165) is 41.5 Å². The van der Waals surface area contributed by atoms with Crippen LogP contribution in [0.1, 0.15) is 68.3 Å². The van der Waals surface area contributed by atoms with Gasteiger partial charge in [-0.05, 0) is 76.1 Å². The molecule has 37 heavy (non-hydrogen) atoms. The quantitative estimate of drug-likeness (QED) is 0.475. The lowest BCUT2D eigenvalue weighted by molar-refractivity contribution is -0.148. The number of carbonyl (C=O) groups excluding carboxylic acids is 3. The van der Waals surface area contributed by atoms with Crippen molar-refractivity contribution in [1.29, 1.82) is 0 Å². The zero-order chi connectivity index (χ0) is 27.2. The smallest absolute Gasteiger partial charge is 0.408 e. The minimum atomic E-state index is -1.25. The predicted molar refractivity (Wildman–Crippen MR) is 142 cm³/mol. The molecule has 1 aliphatic rings. The Bertz CT molecular complexity index is 1070. The third-order valence-corrected chi connectivity index (χ3v) is 6.55. The molecule has 8 heteroatoms. The number of ether oxygens (including phenoxy) is 1. The van der Waals surface area contributed by atoms with Crippen molar-refractivity contribution in [2.75, 3.05) is 6.61 Å². The molecule has 0 aliphatic heterocycles. The van der Waals surface area contributed by atoms with Crippen molar-refractivity contribution in [3.05, 3.63) is 70.8 Å². The summed E-state index contributed by atoms with van der Waals surface area (Å²) in [6.07, 6.45) is 1.61. The van der Waals surface area contributed by atoms with Crippen LogP contribution < -0.4 is 10.6 Å². The molecule has 3 rings (SSSR count). The first-order chi connectivity index (χ1) is 17.5. The van der Waals surface area contributed by atoms with Crippen LogP contribution in [0.25, 0.3) is 0 Å². The van der Waals surface area contributed by atoms with Gasteiger partial charge in [0.15, 0.2) is 0 Å². The summed E-state index contributed by atoms with van der Waals surface area (Å²) in [7, 11) is 0. The van der Waals surface area contributed by atoms with Crippen molar-refractivity contribution >= 4 is 17.9 Å². The molecule has 3 N–H and O–H groups in total. The molecule has 0 radical (unpaired) electrons. The van der Waals surface area contributed by atoms with E-state index in [2.05, 4.69) is 10.6 Å². The van der Waals surface area contributed by atoms with E-state index < -0.39 is 36.3 Å². The van der Waals surface area contributed by atoms with E-state index in [-0.39, 0.29) is 11.9 Å². The molecule has 2 aromatic rings. The number of aliphatic hydroxyl groups is 1. The van der Waals surface area contributed by atoms with Crippen LogP contribution in [-0.2, 0) is 20.9 Å². The molecule has 2 unspecified atom stereocenters. The minimum Gasteiger partial charge on any atom is -0.444 e. The van der Waals surface area contributed by atoms with Gasteiger partial charge in [-0.2, -0.15) is 0 Å². The maximum absolute atomic E-state index is 13.9. The fourth-order valence-corrected chi connectivity index (χ4v) is 4.53. The van der Waals surface area contributed by atoms with Gasteiger partial charge in [0.05, 0.1) is 6.61 Å². The second-order valence-electron chi connectivity index (χ2n) is 10.6. The normalized spacial score (nSPS) is 15.2. The van der Waals surface area contributed by atoms with Gasteiger partial charge < -0.3 is 25.4 Å². The standard InChI is InChI=1S/C29H39N3O5/c1-19-11-9-12-20(2)24(19)25(26(34)30-17-21-13-7-6-8-14-21)32(22-15-10-16-22)27(35)23(18-33)31-28(36)37-29(3,4)5/h6-9,11-14,22-23,25,33H,10,15-18H2,1-5H3,(H,30,34)(H,31,36). The lowest BCUT2D eigenvalue weighted by atomic mass is 9.86. The van der Waals surface area contributed by atoms with Crippen molar-refractivity contribution in [3.8, 4) is 0 Å². The second kappa shape index (κ2) is 12.2. The number of hydrogen-bond donors (Lipinski definition) is 3. The fraction of sp³-hybridized carbons (Fsp3) is 0.483. The fourth-order valence-electron chi connectivity index (χ4n) is 4.53. The topological polar surface area (TPSA) is 108 Å². The Balaban J connectivity index is 1.97.